The normalized spacial score (nSPS) is 16.3. The third-order valence-corrected chi connectivity index (χ3v) is 4.33. The van der Waals surface area contributed by atoms with Crippen molar-refractivity contribution in [1.29, 1.82) is 0 Å². The highest BCUT2D eigenvalue weighted by atomic mass is 32.1. The molecule has 1 fully saturated rings. The van der Waals surface area contributed by atoms with Crippen LogP contribution in [0.5, 0.6) is 0 Å². The van der Waals surface area contributed by atoms with Crippen LogP contribution in [0.3, 0.4) is 0 Å². The summed E-state index contributed by atoms with van der Waals surface area (Å²) in [5, 5.41) is 0. The SMILES string of the molecule is NC(=O)c1ccc(C(=O)N2CCC(C(N)=O)CC2)s1. The zero-order valence-corrected chi connectivity index (χ0v) is 11.1. The van der Waals surface area contributed by atoms with E-state index in [-0.39, 0.29) is 17.7 Å². The molecule has 1 aliphatic rings. The second-order valence-electron chi connectivity index (χ2n) is 4.50. The molecule has 0 bridgehead atoms. The molecule has 102 valence electrons. The molecular formula is C12H15N3O3S. The fourth-order valence-corrected chi connectivity index (χ4v) is 2.93. The molecule has 3 amide bonds. The van der Waals surface area contributed by atoms with Crippen molar-refractivity contribution in [3.63, 3.8) is 0 Å². The van der Waals surface area contributed by atoms with Gasteiger partial charge in [0.1, 0.15) is 0 Å². The monoisotopic (exact) mass is 281 g/mol. The van der Waals surface area contributed by atoms with Gasteiger partial charge < -0.3 is 16.4 Å². The topological polar surface area (TPSA) is 106 Å². The van der Waals surface area contributed by atoms with Crippen LogP contribution in [0.25, 0.3) is 0 Å². The van der Waals surface area contributed by atoms with Gasteiger partial charge in [-0.25, -0.2) is 0 Å². The maximum Gasteiger partial charge on any atom is 0.263 e. The molecule has 6 nitrogen and oxygen atoms in total. The van der Waals surface area contributed by atoms with Crippen LogP contribution in [0.2, 0.25) is 0 Å². The number of thiophene rings is 1. The number of piperidine rings is 1. The van der Waals surface area contributed by atoms with Crippen LogP contribution in [0, 0.1) is 5.92 Å². The minimum Gasteiger partial charge on any atom is -0.369 e. The lowest BCUT2D eigenvalue weighted by molar-refractivity contribution is -0.123. The van der Waals surface area contributed by atoms with E-state index in [2.05, 4.69) is 0 Å². The number of hydrogen-bond donors (Lipinski definition) is 2. The molecule has 0 spiro atoms. The molecule has 7 heteroatoms. The highest BCUT2D eigenvalue weighted by molar-refractivity contribution is 7.15. The molecule has 1 aliphatic heterocycles. The van der Waals surface area contributed by atoms with Crippen molar-refractivity contribution in [2.45, 2.75) is 12.8 Å². The van der Waals surface area contributed by atoms with E-state index in [1.807, 2.05) is 0 Å². The van der Waals surface area contributed by atoms with Crippen molar-refractivity contribution in [3.05, 3.63) is 21.9 Å². The van der Waals surface area contributed by atoms with Crippen molar-refractivity contribution < 1.29 is 14.4 Å². The lowest BCUT2D eigenvalue weighted by Crippen LogP contribution is -2.41. The molecule has 19 heavy (non-hydrogen) atoms. The number of carbonyl (C=O) groups is 3. The first-order valence-corrected chi connectivity index (χ1v) is 6.79. The van der Waals surface area contributed by atoms with Crippen molar-refractivity contribution in [1.82, 2.24) is 4.90 Å². The van der Waals surface area contributed by atoms with E-state index >= 15 is 0 Å². The maximum absolute atomic E-state index is 12.2. The number of hydrogen-bond acceptors (Lipinski definition) is 4. The number of amides is 3. The fraction of sp³-hybridized carbons (Fsp3) is 0.417. The lowest BCUT2D eigenvalue weighted by Gasteiger charge is -2.30. The van der Waals surface area contributed by atoms with Gasteiger partial charge in [0.2, 0.25) is 5.91 Å². The van der Waals surface area contributed by atoms with Gasteiger partial charge in [-0.2, -0.15) is 0 Å². The molecule has 0 unspecified atom stereocenters. The smallest absolute Gasteiger partial charge is 0.263 e. The Morgan fingerprint density at radius 3 is 2.16 bits per heavy atom. The average Bonchev–Trinajstić information content (AvgIpc) is 2.87. The third kappa shape index (κ3) is 2.93. The molecule has 1 aromatic heterocycles. The van der Waals surface area contributed by atoms with E-state index in [9.17, 15) is 14.4 Å². The summed E-state index contributed by atoms with van der Waals surface area (Å²) in [7, 11) is 0. The minimum atomic E-state index is -0.531. The summed E-state index contributed by atoms with van der Waals surface area (Å²) < 4.78 is 0. The van der Waals surface area contributed by atoms with E-state index in [1.54, 1.807) is 17.0 Å². The first-order valence-electron chi connectivity index (χ1n) is 5.97. The van der Waals surface area contributed by atoms with Crippen LogP contribution in [0.15, 0.2) is 12.1 Å². The summed E-state index contributed by atoms with van der Waals surface area (Å²) in [5.41, 5.74) is 10.4. The molecule has 2 heterocycles. The zero-order valence-electron chi connectivity index (χ0n) is 10.3. The van der Waals surface area contributed by atoms with Crippen LogP contribution in [0.1, 0.15) is 32.2 Å². The Hall–Kier alpha value is -1.89. The van der Waals surface area contributed by atoms with E-state index in [0.717, 1.165) is 11.3 Å². The second kappa shape index (κ2) is 5.40. The van der Waals surface area contributed by atoms with Gasteiger partial charge in [0, 0.05) is 19.0 Å². The predicted molar refractivity (Wildman–Crippen MR) is 70.7 cm³/mol. The van der Waals surface area contributed by atoms with Gasteiger partial charge >= 0.3 is 0 Å². The maximum atomic E-state index is 12.2. The summed E-state index contributed by atoms with van der Waals surface area (Å²) in [5.74, 6) is -1.11. The molecular weight excluding hydrogens is 266 g/mol. The molecule has 0 aliphatic carbocycles. The van der Waals surface area contributed by atoms with Gasteiger partial charge in [0.05, 0.1) is 9.75 Å². The number of nitrogens with zero attached hydrogens (tertiary/aromatic N) is 1. The highest BCUT2D eigenvalue weighted by Crippen LogP contribution is 2.22. The van der Waals surface area contributed by atoms with Crippen LogP contribution in [0.4, 0.5) is 0 Å². The number of nitrogens with two attached hydrogens (primary N) is 2. The van der Waals surface area contributed by atoms with Crippen molar-refractivity contribution in [2.24, 2.45) is 17.4 Å². The van der Waals surface area contributed by atoms with Gasteiger partial charge in [0.15, 0.2) is 0 Å². The number of primary amides is 2. The molecule has 0 radical (unpaired) electrons. The van der Waals surface area contributed by atoms with Crippen LogP contribution < -0.4 is 11.5 Å². The summed E-state index contributed by atoms with van der Waals surface area (Å²) in [6.45, 7) is 1.02. The van der Waals surface area contributed by atoms with Gasteiger partial charge in [-0.1, -0.05) is 0 Å². The van der Waals surface area contributed by atoms with Crippen molar-refractivity contribution >= 4 is 29.1 Å². The summed E-state index contributed by atoms with van der Waals surface area (Å²) in [6.07, 6.45) is 1.18. The lowest BCUT2D eigenvalue weighted by atomic mass is 9.96. The van der Waals surface area contributed by atoms with E-state index in [1.165, 1.54) is 0 Å². The Kier molecular flexibility index (Phi) is 3.84. The van der Waals surface area contributed by atoms with E-state index in [0.29, 0.717) is 35.7 Å². The number of likely N-dealkylation sites (tertiary alicyclic amines) is 1. The molecule has 1 aromatic rings. The predicted octanol–water partition coefficient (Wildman–Crippen LogP) is 0.184. The molecule has 2 rings (SSSR count). The zero-order chi connectivity index (χ0) is 14.0. The summed E-state index contributed by atoms with van der Waals surface area (Å²) in [4.78, 5) is 36.8. The number of rotatable bonds is 3. The molecule has 0 aromatic carbocycles. The third-order valence-electron chi connectivity index (χ3n) is 3.24. The Morgan fingerprint density at radius 1 is 1.11 bits per heavy atom. The molecule has 4 N–H and O–H groups in total. The first-order chi connectivity index (χ1) is 8.99. The Bertz CT molecular complexity index is 518. The Labute approximate surface area is 114 Å². The summed E-state index contributed by atoms with van der Waals surface area (Å²) >= 11 is 1.09. The average molecular weight is 281 g/mol. The van der Waals surface area contributed by atoms with Crippen LogP contribution >= 0.6 is 11.3 Å². The second-order valence-corrected chi connectivity index (χ2v) is 5.58. The standard InChI is InChI=1S/C12H15N3O3S/c13-10(16)7-3-5-15(6-4-7)12(18)9-2-1-8(19-9)11(14)17/h1-2,7H,3-6H2,(H2,13,16)(H2,14,17). The van der Waals surface area contributed by atoms with E-state index in [4.69, 9.17) is 11.5 Å². The summed E-state index contributed by atoms with van der Waals surface area (Å²) in [6, 6.07) is 3.16. The van der Waals surface area contributed by atoms with Gasteiger partial charge in [-0.15, -0.1) is 11.3 Å². The minimum absolute atomic E-state index is 0.125. The largest absolute Gasteiger partial charge is 0.369 e. The van der Waals surface area contributed by atoms with Crippen LogP contribution in [-0.2, 0) is 4.79 Å². The first kappa shape index (κ1) is 13.5. The van der Waals surface area contributed by atoms with Gasteiger partial charge in [0.25, 0.3) is 11.8 Å². The Balaban J connectivity index is 2.01. The molecule has 1 saturated heterocycles. The Morgan fingerprint density at radius 2 is 1.68 bits per heavy atom. The van der Waals surface area contributed by atoms with E-state index < -0.39 is 5.91 Å². The van der Waals surface area contributed by atoms with Crippen molar-refractivity contribution in [2.75, 3.05) is 13.1 Å². The quantitative estimate of drug-likeness (QED) is 0.825. The van der Waals surface area contributed by atoms with Gasteiger partial charge in [-0.3, -0.25) is 14.4 Å². The molecule has 0 saturated carbocycles. The number of carbonyl (C=O) groups excluding carboxylic acids is 3. The molecule has 0 atom stereocenters. The van der Waals surface area contributed by atoms with Crippen LogP contribution in [-0.4, -0.2) is 35.7 Å². The highest BCUT2D eigenvalue weighted by Gasteiger charge is 2.27. The van der Waals surface area contributed by atoms with Crippen molar-refractivity contribution in [3.8, 4) is 0 Å². The van der Waals surface area contributed by atoms with Gasteiger partial charge in [-0.05, 0) is 25.0 Å². The fourth-order valence-electron chi connectivity index (χ4n) is 2.11.